The van der Waals surface area contributed by atoms with Gasteiger partial charge in [-0.25, -0.2) is 4.98 Å². The summed E-state index contributed by atoms with van der Waals surface area (Å²) in [5.74, 6) is 1.09. The molecular formula is C27H31N7O4. The number of aliphatic hydroxyl groups is 1. The standard InChI is InChI=1S/C27H31N7O4/c1-4-24(36)29-19-6-5-7-20(14-19)30-26-18(2)16-28-27(32-26)31-22-9-8-21(15-23(22)38-3)33-10-12-34(13-11-33)25(37)17-35/h4-9,14-16,35H,1,10-13,17H2,2-3H3,(H,29,36)(H2,28,30,31,32). The van der Waals surface area contributed by atoms with Crippen LogP contribution >= 0.6 is 0 Å². The van der Waals surface area contributed by atoms with E-state index >= 15 is 0 Å². The second-order valence-electron chi connectivity index (χ2n) is 8.66. The molecule has 1 aromatic heterocycles. The van der Waals surface area contributed by atoms with E-state index in [1.165, 1.54) is 6.08 Å². The van der Waals surface area contributed by atoms with Gasteiger partial charge in [0.2, 0.25) is 17.8 Å². The normalized spacial score (nSPS) is 13.0. The van der Waals surface area contributed by atoms with Crippen LogP contribution in [-0.4, -0.2) is 71.7 Å². The number of hydrogen-bond donors (Lipinski definition) is 4. The molecule has 4 rings (SSSR count). The molecule has 3 aromatic rings. The molecule has 0 bridgehead atoms. The Kier molecular flexibility index (Phi) is 8.39. The number of amides is 2. The van der Waals surface area contributed by atoms with Gasteiger partial charge < -0.3 is 35.6 Å². The Hall–Kier alpha value is -4.64. The van der Waals surface area contributed by atoms with Crippen molar-refractivity contribution in [1.29, 1.82) is 0 Å². The van der Waals surface area contributed by atoms with Gasteiger partial charge in [0.25, 0.3) is 0 Å². The molecule has 11 nitrogen and oxygen atoms in total. The van der Waals surface area contributed by atoms with Gasteiger partial charge in [0.1, 0.15) is 18.2 Å². The predicted molar refractivity (Wildman–Crippen MR) is 147 cm³/mol. The number of benzene rings is 2. The highest BCUT2D eigenvalue weighted by molar-refractivity contribution is 5.99. The zero-order valence-electron chi connectivity index (χ0n) is 21.4. The van der Waals surface area contributed by atoms with Gasteiger partial charge in [-0.2, -0.15) is 4.98 Å². The number of nitrogens with one attached hydrogen (secondary N) is 3. The summed E-state index contributed by atoms with van der Waals surface area (Å²) in [4.78, 5) is 36.2. The minimum Gasteiger partial charge on any atom is -0.494 e. The van der Waals surface area contributed by atoms with Crippen LogP contribution in [0.1, 0.15) is 5.56 Å². The number of aliphatic hydroxyl groups excluding tert-OH is 1. The Labute approximate surface area is 221 Å². The largest absolute Gasteiger partial charge is 0.494 e. The van der Waals surface area contributed by atoms with Crippen molar-refractivity contribution in [2.45, 2.75) is 6.92 Å². The number of aryl methyl sites for hydroxylation is 1. The van der Waals surface area contributed by atoms with Gasteiger partial charge in [-0.1, -0.05) is 12.6 Å². The van der Waals surface area contributed by atoms with Gasteiger partial charge in [-0.05, 0) is 43.3 Å². The zero-order chi connectivity index (χ0) is 27.1. The molecule has 0 saturated carbocycles. The average molecular weight is 518 g/mol. The van der Waals surface area contributed by atoms with Crippen molar-refractivity contribution in [3.8, 4) is 5.75 Å². The minimum absolute atomic E-state index is 0.249. The van der Waals surface area contributed by atoms with E-state index in [1.807, 2.05) is 37.3 Å². The maximum Gasteiger partial charge on any atom is 0.248 e. The number of piperazine rings is 1. The summed E-state index contributed by atoms with van der Waals surface area (Å²) in [5, 5.41) is 18.3. The molecular weight excluding hydrogens is 486 g/mol. The van der Waals surface area contributed by atoms with Crippen molar-refractivity contribution >= 4 is 46.3 Å². The number of carbonyl (C=O) groups excluding carboxylic acids is 2. The molecule has 1 aliphatic rings. The second kappa shape index (κ2) is 12.1. The monoisotopic (exact) mass is 517 g/mol. The Morgan fingerprint density at radius 2 is 1.87 bits per heavy atom. The SMILES string of the molecule is C=CC(=O)Nc1cccc(Nc2nc(Nc3ccc(N4CCN(C(=O)CO)CC4)cc3OC)ncc2C)c1. The molecule has 0 radical (unpaired) electrons. The first-order valence-electron chi connectivity index (χ1n) is 12.1. The molecule has 11 heteroatoms. The lowest BCUT2D eigenvalue weighted by atomic mass is 10.2. The van der Waals surface area contributed by atoms with E-state index in [0.717, 1.165) is 16.9 Å². The molecule has 0 spiro atoms. The van der Waals surface area contributed by atoms with E-state index in [9.17, 15) is 9.59 Å². The maximum atomic E-state index is 11.7. The predicted octanol–water partition coefficient (Wildman–Crippen LogP) is 3.05. The first-order chi connectivity index (χ1) is 18.4. The van der Waals surface area contributed by atoms with Gasteiger partial charge in [0.05, 0.1) is 12.8 Å². The quantitative estimate of drug-likeness (QED) is 0.316. The van der Waals surface area contributed by atoms with Crippen LogP contribution in [0.15, 0.2) is 61.3 Å². The first kappa shape index (κ1) is 26.4. The molecule has 1 saturated heterocycles. The summed E-state index contributed by atoms with van der Waals surface area (Å²) < 4.78 is 5.63. The van der Waals surface area contributed by atoms with Crippen LogP contribution in [0, 0.1) is 6.92 Å². The molecule has 198 valence electrons. The molecule has 0 aliphatic carbocycles. The van der Waals surface area contributed by atoms with E-state index < -0.39 is 6.61 Å². The van der Waals surface area contributed by atoms with E-state index in [2.05, 4.69) is 37.4 Å². The maximum absolute atomic E-state index is 11.7. The van der Waals surface area contributed by atoms with Gasteiger partial charge in [0.15, 0.2) is 0 Å². The van der Waals surface area contributed by atoms with E-state index in [-0.39, 0.29) is 11.8 Å². The molecule has 38 heavy (non-hydrogen) atoms. The van der Waals surface area contributed by atoms with Crippen LogP contribution < -0.4 is 25.6 Å². The average Bonchev–Trinajstić information content (AvgIpc) is 2.94. The van der Waals surface area contributed by atoms with Gasteiger partial charge in [0, 0.05) is 61.1 Å². The zero-order valence-corrected chi connectivity index (χ0v) is 21.4. The fourth-order valence-electron chi connectivity index (χ4n) is 4.05. The third-order valence-electron chi connectivity index (χ3n) is 6.11. The molecule has 2 aromatic carbocycles. The number of aromatic nitrogens is 2. The molecule has 0 unspecified atom stereocenters. The molecule has 1 aliphatic heterocycles. The fourth-order valence-corrected chi connectivity index (χ4v) is 4.05. The lowest BCUT2D eigenvalue weighted by Gasteiger charge is -2.36. The smallest absolute Gasteiger partial charge is 0.248 e. The highest BCUT2D eigenvalue weighted by Crippen LogP contribution is 2.32. The topological polar surface area (TPSA) is 132 Å². The highest BCUT2D eigenvalue weighted by Gasteiger charge is 2.21. The van der Waals surface area contributed by atoms with E-state index in [0.29, 0.717) is 55.1 Å². The first-order valence-corrected chi connectivity index (χ1v) is 12.1. The van der Waals surface area contributed by atoms with Crippen LogP contribution in [0.25, 0.3) is 0 Å². The van der Waals surface area contributed by atoms with Crippen molar-refractivity contribution in [1.82, 2.24) is 14.9 Å². The Bertz CT molecular complexity index is 1320. The molecule has 1 fully saturated rings. The minimum atomic E-state index is -0.465. The fraction of sp³-hybridized carbons (Fsp3) is 0.259. The lowest BCUT2D eigenvalue weighted by Crippen LogP contribution is -2.49. The van der Waals surface area contributed by atoms with Crippen LogP contribution in [0.5, 0.6) is 5.75 Å². The number of ether oxygens (including phenoxy) is 1. The molecule has 0 atom stereocenters. The molecule has 4 N–H and O–H groups in total. The van der Waals surface area contributed by atoms with Crippen molar-refractivity contribution in [2.24, 2.45) is 0 Å². The Morgan fingerprint density at radius 1 is 1.11 bits per heavy atom. The highest BCUT2D eigenvalue weighted by atomic mass is 16.5. The van der Waals surface area contributed by atoms with Crippen LogP contribution in [0.3, 0.4) is 0 Å². The van der Waals surface area contributed by atoms with Crippen molar-refractivity contribution in [2.75, 3.05) is 60.7 Å². The summed E-state index contributed by atoms with van der Waals surface area (Å²) in [6, 6.07) is 13.1. The summed E-state index contributed by atoms with van der Waals surface area (Å²) in [6.45, 7) is 7.34. The summed E-state index contributed by atoms with van der Waals surface area (Å²) in [5.41, 5.74) is 3.91. The van der Waals surface area contributed by atoms with Crippen molar-refractivity contribution in [3.05, 3.63) is 66.9 Å². The van der Waals surface area contributed by atoms with Gasteiger partial charge in [-0.3, -0.25) is 9.59 Å². The number of anilines is 6. The van der Waals surface area contributed by atoms with Gasteiger partial charge >= 0.3 is 0 Å². The van der Waals surface area contributed by atoms with Crippen molar-refractivity contribution < 1.29 is 19.4 Å². The summed E-state index contributed by atoms with van der Waals surface area (Å²) >= 11 is 0. The number of rotatable bonds is 9. The van der Waals surface area contributed by atoms with Crippen molar-refractivity contribution in [3.63, 3.8) is 0 Å². The molecule has 2 heterocycles. The molecule has 2 amide bonds. The summed E-state index contributed by atoms with van der Waals surface area (Å²) in [6.07, 6.45) is 2.93. The van der Waals surface area contributed by atoms with Crippen LogP contribution in [0.4, 0.5) is 34.5 Å². The third-order valence-corrected chi connectivity index (χ3v) is 6.11. The summed E-state index contributed by atoms with van der Waals surface area (Å²) in [7, 11) is 1.60. The lowest BCUT2D eigenvalue weighted by molar-refractivity contribution is -0.134. The van der Waals surface area contributed by atoms with E-state index in [1.54, 1.807) is 30.3 Å². The van der Waals surface area contributed by atoms with Crippen LogP contribution in [0.2, 0.25) is 0 Å². The number of nitrogens with zero attached hydrogens (tertiary/aromatic N) is 4. The Balaban J connectivity index is 1.47. The van der Waals surface area contributed by atoms with Crippen LogP contribution in [-0.2, 0) is 9.59 Å². The number of carbonyl (C=O) groups is 2. The van der Waals surface area contributed by atoms with E-state index in [4.69, 9.17) is 9.84 Å². The number of hydrogen-bond acceptors (Lipinski definition) is 9. The number of methoxy groups -OCH3 is 1. The Morgan fingerprint density at radius 3 is 2.58 bits per heavy atom. The second-order valence-corrected chi connectivity index (χ2v) is 8.66. The van der Waals surface area contributed by atoms with Gasteiger partial charge in [-0.15, -0.1) is 0 Å². The third kappa shape index (κ3) is 6.37.